The molecule has 90 valence electrons. The fourth-order valence-corrected chi connectivity index (χ4v) is 2.28. The molecule has 1 aliphatic heterocycles. The molecule has 1 fully saturated rings. The van der Waals surface area contributed by atoms with Gasteiger partial charge in [-0.15, -0.1) is 0 Å². The van der Waals surface area contributed by atoms with Crippen LogP contribution in [0.5, 0.6) is 0 Å². The van der Waals surface area contributed by atoms with Crippen molar-refractivity contribution in [2.24, 2.45) is 5.41 Å². The zero-order valence-corrected chi connectivity index (χ0v) is 11.3. The van der Waals surface area contributed by atoms with E-state index >= 15 is 0 Å². The molecule has 1 atom stereocenters. The monoisotopic (exact) mass is 260 g/mol. The van der Waals surface area contributed by atoms with Gasteiger partial charge in [0.15, 0.2) is 5.11 Å². The molecule has 4 nitrogen and oxygen atoms in total. The summed E-state index contributed by atoms with van der Waals surface area (Å²) in [7, 11) is 0. The lowest BCUT2D eigenvalue weighted by Crippen LogP contribution is -2.48. The van der Waals surface area contributed by atoms with Crippen LogP contribution in [0, 0.1) is 5.41 Å². The Bertz CT molecular complexity index is 323. The van der Waals surface area contributed by atoms with E-state index in [0.717, 1.165) is 12.2 Å². The predicted molar refractivity (Wildman–Crippen MR) is 69.2 cm³/mol. The summed E-state index contributed by atoms with van der Waals surface area (Å²) in [6, 6.07) is -0.252. The first-order chi connectivity index (χ1) is 7.30. The maximum absolute atomic E-state index is 11.6. The van der Waals surface area contributed by atoms with Crippen molar-refractivity contribution in [3.8, 4) is 0 Å². The SMILES string of the molecule is CC(C)(C)C(=O)NC(=S)NC1CCSC1=O. The van der Waals surface area contributed by atoms with Crippen LogP contribution in [-0.2, 0) is 9.59 Å². The minimum Gasteiger partial charge on any atom is -0.352 e. The van der Waals surface area contributed by atoms with Gasteiger partial charge in [-0.3, -0.25) is 9.59 Å². The van der Waals surface area contributed by atoms with Crippen molar-refractivity contribution in [1.82, 2.24) is 10.6 Å². The van der Waals surface area contributed by atoms with Crippen LogP contribution in [-0.4, -0.2) is 27.9 Å². The van der Waals surface area contributed by atoms with E-state index in [1.165, 1.54) is 11.8 Å². The van der Waals surface area contributed by atoms with E-state index < -0.39 is 5.41 Å². The molecule has 1 heterocycles. The van der Waals surface area contributed by atoms with Gasteiger partial charge >= 0.3 is 0 Å². The third-order valence-electron chi connectivity index (χ3n) is 2.15. The van der Waals surface area contributed by atoms with Crippen molar-refractivity contribution < 1.29 is 9.59 Å². The Kier molecular flexibility index (Phi) is 4.32. The van der Waals surface area contributed by atoms with Gasteiger partial charge < -0.3 is 10.6 Å². The van der Waals surface area contributed by atoms with Gasteiger partial charge in [0.25, 0.3) is 0 Å². The van der Waals surface area contributed by atoms with E-state index in [-0.39, 0.29) is 22.2 Å². The number of amides is 1. The van der Waals surface area contributed by atoms with E-state index in [1.54, 1.807) is 0 Å². The van der Waals surface area contributed by atoms with Crippen molar-refractivity contribution in [1.29, 1.82) is 0 Å². The molecular weight excluding hydrogens is 244 g/mol. The van der Waals surface area contributed by atoms with E-state index in [1.807, 2.05) is 20.8 Å². The molecule has 0 spiro atoms. The highest BCUT2D eigenvalue weighted by molar-refractivity contribution is 8.14. The van der Waals surface area contributed by atoms with Crippen molar-refractivity contribution in [2.45, 2.75) is 33.2 Å². The molecule has 0 bridgehead atoms. The molecule has 0 aromatic rings. The third-order valence-corrected chi connectivity index (χ3v) is 3.38. The number of rotatable bonds is 1. The Morgan fingerprint density at radius 3 is 2.56 bits per heavy atom. The average Bonchev–Trinajstić information content (AvgIpc) is 2.50. The average molecular weight is 260 g/mol. The number of carbonyl (C=O) groups excluding carboxylic acids is 2. The van der Waals surface area contributed by atoms with Crippen LogP contribution < -0.4 is 10.6 Å². The first-order valence-electron chi connectivity index (χ1n) is 5.09. The fraction of sp³-hybridized carbons (Fsp3) is 0.700. The molecule has 6 heteroatoms. The highest BCUT2D eigenvalue weighted by atomic mass is 32.2. The standard InChI is InChI=1S/C10H16N2O2S2/c1-10(2,3)8(14)12-9(15)11-6-4-5-16-7(6)13/h6H,4-5H2,1-3H3,(H2,11,12,14,15). The molecule has 0 aromatic carbocycles. The Hall–Kier alpha value is -0.620. The number of carbonyl (C=O) groups is 2. The lowest BCUT2D eigenvalue weighted by atomic mass is 9.96. The van der Waals surface area contributed by atoms with Gasteiger partial charge in [0.1, 0.15) is 0 Å². The van der Waals surface area contributed by atoms with E-state index in [4.69, 9.17) is 12.2 Å². The quantitative estimate of drug-likeness (QED) is 0.690. The maximum atomic E-state index is 11.6. The molecule has 2 N–H and O–H groups in total. The summed E-state index contributed by atoms with van der Waals surface area (Å²) in [5.74, 6) is 0.662. The highest BCUT2D eigenvalue weighted by Crippen LogP contribution is 2.19. The molecule has 0 saturated carbocycles. The van der Waals surface area contributed by atoms with Gasteiger partial charge in [-0.25, -0.2) is 0 Å². The molecule has 0 aliphatic carbocycles. The van der Waals surface area contributed by atoms with Crippen LogP contribution in [0.1, 0.15) is 27.2 Å². The normalized spacial score (nSPS) is 20.7. The summed E-state index contributed by atoms with van der Waals surface area (Å²) in [6.07, 6.45) is 0.759. The van der Waals surface area contributed by atoms with Crippen LogP contribution in [0.4, 0.5) is 0 Å². The van der Waals surface area contributed by atoms with Gasteiger partial charge in [-0.2, -0.15) is 0 Å². The second kappa shape index (κ2) is 5.14. The molecule has 1 rings (SSSR count). The van der Waals surface area contributed by atoms with Crippen LogP contribution in [0.15, 0.2) is 0 Å². The number of thioether (sulfide) groups is 1. The van der Waals surface area contributed by atoms with Gasteiger partial charge in [0.05, 0.1) is 6.04 Å². The summed E-state index contributed by atoms with van der Waals surface area (Å²) in [6.45, 7) is 5.42. The van der Waals surface area contributed by atoms with E-state index in [2.05, 4.69) is 10.6 Å². The number of hydrogen-bond acceptors (Lipinski definition) is 4. The van der Waals surface area contributed by atoms with Gasteiger partial charge in [0.2, 0.25) is 11.0 Å². The summed E-state index contributed by atoms with van der Waals surface area (Å²) in [5.41, 5.74) is -0.486. The minimum atomic E-state index is -0.486. The smallest absolute Gasteiger partial charge is 0.231 e. The highest BCUT2D eigenvalue weighted by Gasteiger charge is 2.27. The van der Waals surface area contributed by atoms with Crippen LogP contribution in [0.2, 0.25) is 0 Å². The Morgan fingerprint density at radius 1 is 1.50 bits per heavy atom. The van der Waals surface area contributed by atoms with Gasteiger partial charge in [-0.05, 0) is 18.6 Å². The number of thiocarbonyl (C=S) groups is 1. The van der Waals surface area contributed by atoms with Crippen LogP contribution >= 0.6 is 24.0 Å². The molecule has 0 aromatic heterocycles. The fourth-order valence-electron chi connectivity index (χ4n) is 1.11. The lowest BCUT2D eigenvalue weighted by molar-refractivity contribution is -0.127. The van der Waals surface area contributed by atoms with Gasteiger partial charge in [0, 0.05) is 11.2 Å². The van der Waals surface area contributed by atoms with E-state index in [0.29, 0.717) is 0 Å². The summed E-state index contributed by atoms with van der Waals surface area (Å²) in [5, 5.41) is 5.77. The Labute approximate surface area is 105 Å². The molecule has 1 saturated heterocycles. The van der Waals surface area contributed by atoms with Crippen LogP contribution in [0.3, 0.4) is 0 Å². The second-order valence-corrected chi connectivity index (χ2v) is 6.19. The van der Waals surface area contributed by atoms with Crippen LogP contribution in [0.25, 0.3) is 0 Å². The summed E-state index contributed by atoms with van der Waals surface area (Å²) in [4.78, 5) is 22.9. The van der Waals surface area contributed by atoms with Crippen molar-refractivity contribution in [3.05, 3.63) is 0 Å². The minimum absolute atomic E-state index is 0.0901. The Morgan fingerprint density at radius 2 is 2.12 bits per heavy atom. The zero-order valence-electron chi connectivity index (χ0n) is 9.62. The number of hydrogen-bond donors (Lipinski definition) is 2. The summed E-state index contributed by atoms with van der Waals surface area (Å²) >= 11 is 6.28. The molecule has 1 aliphatic rings. The summed E-state index contributed by atoms with van der Waals surface area (Å²) < 4.78 is 0. The zero-order chi connectivity index (χ0) is 12.3. The third kappa shape index (κ3) is 3.75. The second-order valence-electron chi connectivity index (χ2n) is 4.69. The van der Waals surface area contributed by atoms with Crippen molar-refractivity contribution in [3.63, 3.8) is 0 Å². The molecule has 1 amide bonds. The molecular formula is C10H16N2O2S2. The van der Waals surface area contributed by atoms with Crippen molar-refractivity contribution in [2.75, 3.05) is 5.75 Å². The topological polar surface area (TPSA) is 58.2 Å². The Balaban J connectivity index is 2.42. The van der Waals surface area contributed by atoms with E-state index in [9.17, 15) is 9.59 Å². The largest absolute Gasteiger partial charge is 0.352 e. The first kappa shape index (κ1) is 13.4. The maximum Gasteiger partial charge on any atom is 0.231 e. The lowest BCUT2D eigenvalue weighted by Gasteiger charge is -2.19. The molecule has 16 heavy (non-hydrogen) atoms. The molecule has 1 unspecified atom stereocenters. The van der Waals surface area contributed by atoms with Gasteiger partial charge in [-0.1, -0.05) is 32.5 Å². The predicted octanol–water partition coefficient (Wildman–Crippen LogP) is 1.06. The number of nitrogens with one attached hydrogen (secondary N) is 2. The molecule has 0 radical (unpaired) electrons. The first-order valence-corrected chi connectivity index (χ1v) is 6.48. The van der Waals surface area contributed by atoms with Crippen molar-refractivity contribution >= 4 is 40.1 Å².